The number of benzene rings is 1. The molecule has 1 saturated heterocycles. The molecule has 2 aromatic heterocycles. The van der Waals surface area contributed by atoms with Gasteiger partial charge in [-0.2, -0.15) is 0 Å². The fourth-order valence-corrected chi connectivity index (χ4v) is 4.34. The van der Waals surface area contributed by atoms with Crippen LogP contribution in [0.5, 0.6) is 0 Å². The van der Waals surface area contributed by atoms with E-state index in [-0.39, 0.29) is 5.56 Å². The highest BCUT2D eigenvalue weighted by atomic mass is 16.1. The zero-order valence-corrected chi connectivity index (χ0v) is 18.9. The second-order valence-corrected chi connectivity index (χ2v) is 8.32. The maximum absolute atomic E-state index is 12.1. The Morgan fingerprint density at radius 2 is 1.78 bits per heavy atom. The number of H-pyrrole nitrogens is 1. The number of nitrogens with one attached hydrogen (secondary N) is 1. The lowest BCUT2D eigenvalue weighted by molar-refractivity contribution is 0.0994. The van der Waals surface area contributed by atoms with Crippen molar-refractivity contribution in [1.29, 1.82) is 0 Å². The van der Waals surface area contributed by atoms with E-state index in [1.165, 1.54) is 0 Å². The van der Waals surface area contributed by atoms with Gasteiger partial charge in [0.2, 0.25) is 0 Å². The molecule has 0 bridgehead atoms. The Kier molecular flexibility index (Phi) is 6.23. The lowest BCUT2D eigenvalue weighted by Crippen LogP contribution is -2.46. The molecular formula is C24H30N6O2. The van der Waals surface area contributed by atoms with Crippen molar-refractivity contribution in [3.8, 4) is 0 Å². The molecule has 8 heteroatoms. The van der Waals surface area contributed by atoms with Gasteiger partial charge in [-0.25, -0.2) is 9.97 Å². The van der Waals surface area contributed by atoms with Crippen LogP contribution in [0.4, 0.5) is 5.69 Å². The molecule has 1 fully saturated rings. The highest BCUT2D eigenvalue weighted by Gasteiger charge is 2.21. The summed E-state index contributed by atoms with van der Waals surface area (Å²) in [5.74, 6) is -0.480. The Hall–Kier alpha value is -3.26. The maximum Gasteiger partial charge on any atom is 0.270 e. The summed E-state index contributed by atoms with van der Waals surface area (Å²) >= 11 is 0. The largest absolute Gasteiger partial charge is 0.367 e. The maximum atomic E-state index is 12.1. The van der Waals surface area contributed by atoms with E-state index >= 15 is 0 Å². The van der Waals surface area contributed by atoms with Gasteiger partial charge >= 0.3 is 0 Å². The quantitative estimate of drug-likeness (QED) is 0.616. The summed E-state index contributed by atoms with van der Waals surface area (Å²) in [5.41, 5.74) is 11.9. The highest BCUT2D eigenvalue weighted by molar-refractivity contribution is 5.92. The normalized spacial score (nSPS) is 14.8. The zero-order valence-electron chi connectivity index (χ0n) is 18.9. The summed E-state index contributed by atoms with van der Waals surface area (Å²) in [6.07, 6.45) is 1.37. The summed E-state index contributed by atoms with van der Waals surface area (Å²) in [7, 11) is 0. The molecule has 1 aliphatic heterocycles. The number of amides is 1. The first-order valence-corrected chi connectivity index (χ1v) is 11.2. The number of carbonyl (C=O) groups is 1. The van der Waals surface area contributed by atoms with Crippen molar-refractivity contribution in [1.82, 2.24) is 19.9 Å². The third-order valence-corrected chi connectivity index (χ3v) is 6.12. The van der Waals surface area contributed by atoms with Gasteiger partial charge in [-0.05, 0) is 49.1 Å². The van der Waals surface area contributed by atoms with E-state index in [1.54, 1.807) is 0 Å². The van der Waals surface area contributed by atoms with Gasteiger partial charge in [0.1, 0.15) is 11.4 Å². The Morgan fingerprint density at radius 3 is 2.44 bits per heavy atom. The van der Waals surface area contributed by atoms with Crippen molar-refractivity contribution in [2.75, 3.05) is 31.1 Å². The molecule has 0 saturated carbocycles. The van der Waals surface area contributed by atoms with Gasteiger partial charge in [0.25, 0.3) is 11.5 Å². The molecule has 0 atom stereocenters. The minimum Gasteiger partial charge on any atom is -0.367 e. The summed E-state index contributed by atoms with van der Waals surface area (Å²) in [6, 6.07) is 8.14. The number of primary amides is 1. The zero-order chi connectivity index (χ0) is 22.8. The molecule has 3 aromatic rings. The first-order valence-electron chi connectivity index (χ1n) is 11.2. The SMILES string of the molecule is CCc1nc(C(N)=O)c(C)cc1N1CCN(Cc2ccc3nc(CC)c(=O)[nH]c3c2)CC1. The smallest absolute Gasteiger partial charge is 0.270 e. The summed E-state index contributed by atoms with van der Waals surface area (Å²) in [4.78, 5) is 40.5. The van der Waals surface area contributed by atoms with Crippen LogP contribution in [-0.2, 0) is 19.4 Å². The fourth-order valence-electron chi connectivity index (χ4n) is 4.34. The number of aryl methyl sites for hydroxylation is 3. The summed E-state index contributed by atoms with van der Waals surface area (Å²) in [6.45, 7) is 10.3. The number of fused-ring (bicyclic) bond motifs is 1. The fraction of sp³-hybridized carbons (Fsp3) is 0.417. The van der Waals surface area contributed by atoms with E-state index in [2.05, 4.69) is 30.8 Å². The molecule has 0 unspecified atom stereocenters. The van der Waals surface area contributed by atoms with Crippen LogP contribution >= 0.6 is 0 Å². The number of rotatable bonds is 6. The van der Waals surface area contributed by atoms with Gasteiger partial charge in [-0.15, -0.1) is 0 Å². The summed E-state index contributed by atoms with van der Waals surface area (Å²) in [5, 5.41) is 0. The van der Waals surface area contributed by atoms with E-state index in [1.807, 2.05) is 39.0 Å². The van der Waals surface area contributed by atoms with Gasteiger partial charge in [0.05, 0.1) is 22.4 Å². The lowest BCUT2D eigenvalue weighted by atomic mass is 10.1. The lowest BCUT2D eigenvalue weighted by Gasteiger charge is -2.37. The number of hydrogen-bond donors (Lipinski definition) is 2. The van der Waals surface area contributed by atoms with Crippen molar-refractivity contribution in [2.45, 2.75) is 40.2 Å². The number of aromatic amines is 1. The standard InChI is InChI=1S/C24H30N6O2/c1-4-17-21(12-15(3)22(27-17)23(25)31)30-10-8-29(9-11-30)14-16-6-7-19-20(13-16)28-24(32)18(5-2)26-19/h6-7,12-13H,4-5,8-11,14H2,1-3H3,(H2,25,31)(H,28,32). The van der Waals surface area contributed by atoms with Crippen molar-refractivity contribution >= 4 is 22.6 Å². The van der Waals surface area contributed by atoms with E-state index in [4.69, 9.17) is 5.73 Å². The van der Waals surface area contributed by atoms with Gasteiger partial charge in [-0.3, -0.25) is 14.5 Å². The number of nitrogens with two attached hydrogens (primary N) is 1. The minimum absolute atomic E-state index is 0.108. The third-order valence-electron chi connectivity index (χ3n) is 6.12. The predicted molar refractivity (Wildman–Crippen MR) is 126 cm³/mol. The number of pyridine rings is 1. The average Bonchev–Trinajstić information content (AvgIpc) is 2.78. The van der Waals surface area contributed by atoms with E-state index in [9.17, 15) is 9.59 Å². The second kappa shape index (κ2) is 9.08. The predicted octanol–water partition coefficient (Wildman–Crippen LogP) is 2.17. The van der Waals surface area contributed by atoms with Gasteiger partial charge in [-0.1, -0.05) is 19.9 Å². The molecule has 4 rings (SSSR count). The third kappa shape index (κ3) is 4.36. The number of piperazine rings is 1. The molecule has 0 radical (unpaired) electrons. The molecule has 1 aromatic carbocycles. The molecule has 0 spiro atoms. The van der Waals surface area contributed by atoms with Crippen molar-refractivity contribution in [2.24, 2.45) is 5.73 Å². The molecular weight excluding hydrogens is 404 g/mol. The minimum atomic E-state index is -0.480. The molecule has 8 nitrogen and oxygen atoms in total. The Labute approximate surface area is 187 Å². The van der Waals surface area contributed by atoms with Gasteiger partial charge in [0, 0.05) is 32.7 Å². The molecule has 3 heterocycles. The number of anilines is 1. The topological polar surface area (TPSA) is 108 Å². The Balaban J connectivity index is 1.46. The van der Waals surface area contributed by atoms with Crippen LogP contribution in [-0.4, -0.2) is 51.9 Å². The van der Waals surface area contributed by atoms with E-state index in [0.717, 1.165) is 72.7 Å². The van der Waals surface area contributed by atoms with Crippen LogP contribution in [0.2, 0.25) is 0 Å². The first kappa shape index (κ1) is 22.0. The number of hydrogen-bond acceptors (Lipinski definition) is 6. The van der Waals surface area contributed by atoms with E-state index in [0.29, 0.717) is 17.8 Å². The molecule has 3 N–H and O–H groups in total. The van der Waals surface area contributed by atoms with Gasteiger partial charge < -0.3 is 15.6 Å². The summed E-state index contributed by atoms with van der Waals surface area (Å²) < 4.78 is 0. The van der Waals surface area contributed by atoms with Crippen LogP contribution < -0.4 is 16.2 Å². The van der Waals surface area contributed by atoms with Gasteiger partial charge in [0.15, 0.2) is 0 Å². The number of nitrogens with zero attached hydrogens (tertiary/aromatic N) is 4. The molecule has 168 valence electrons. The van der Waals surface area contributed by atoms with Crippen molar-refractivity contribution in [3.05, 3.63) is 62.8 Å². The van der Waals surface area contributed by atoms with Crippen LogP contribution in [0.3, 0.4) is 0 Å². The second-order valence-electron chi connectivity index (χ2n) is 8.32. The molecule has 1 amide bonds. The Morgan fingerprint density at radius 1 is 1.06 bits per heavy atom. The number of carbonyl (C=O) groups excluding carboxylic acids is 1. The van der Waals surface area contributed by atoms with Crippen molar-refractivity contribution < 1.29 is 4.79 Å². The van der Waals surface area contributed by atoms with Crippen molar-refractivity contribution in [3.63, 3.8) is 0 Å². The molecule has 32 heavy (non-hydrogen) atoms. The van der Waals surface area contributed by atoms with E-state index < -0.39 is 5.91 Å². The molecule has 1 aliphatic rings. The van der Waals surface area contributed by atoms with Crippen LogP contribution in [0.15, 0.2) is 29.1 Å². The molecule has 0 aliphatic carbocycles. The monoisotopic (exact) mass is 434 g/mol. The highest BCUT2D eigenvalue weighted by Crippen LogP contribution is 2.25. The Bertz CT molecular complexity index is 1210. The number of aromatic nitrogens is 3. The average molecular weight is 435 g/mol. The van der Waals surface area contributed by atoms with Crippen LogP contribution in [0.1, 0.15) is 46.9 Å². The van der Waals surface area contributed by atoms with Crippen LogP contribution in [0.25, 0.3) is 11.0 Å². The van der Waals surface area contributed by atoms with Crippen LogP contribution in [0, 0.1) is 6.92 Å². The first-order chi connectivity index (χ1) is 15.4.